The van der Waals surface area contributed by atoms with Crippen molar-refractivity contribution in [3.05, 3.63) is 0 Å². The molecule has 0 heterocycles. The van der Waals surface area contributed by atoms with Crippen molar-refractivity contribution in [2.24, 2.45) is 0 Å². The molecule has 0 aromatic carbocycles. The van der Waals surface area contributed by atoms with Gasteiger partial charge in [-0.2, -0.15) is 0 Å². The van der Waals surface area contributed by atoms with E-state index in [2.05, 4.69) is 21.0 Å². The zero-order valence-corrected chi connectivity index (χ0v) is 18.2. The van der Waals surface area contributed by atoms with Crippen LogP contribution in [0.25, 0.3) is 0 Å². The normalized spacial score (nSPS) is 11.5. The molecule has 0 radical (unpaired) electrons. The Morgan fingerprint density at radius 3 is 1.48 bits per heavy atom. The molecule has 0 bridgehead atoms. The van der Waals surface area contributed by atoms with E-state index < -0.39 is 0 Å². The van der Waals surface area contributed by atoms with Crippen molar-refractivity contribution in [2.75, 3.05) is 40.6 Å². The van der Waals surface area contributed by atoms with Gasteiger partial charge in [-0.1, -0.05) is 90.4 Å². The molecule has 0 aromatic heterocycles. The highest BCUT2D eigenvalue weighted by Crippen LogP contribution is 2.13. The molecule has 0 saturated carbocycles. The summed E-state index contributed by atoms with van der Waals surface area (Å²) in [5.41, 5.74) is 0. The zero-order chi connectivity index (χ0) is 17.9. The maximum atomic E-state index is 8.97. The first-order valence-electron chi connectivity index (χ1n) is 10.6. The highest BCUT2D eigenvalue weighted by molar-refractivity contribution is 4.49. The third-order valence-corrected chi connectivity index (χ3v) is 4.79. The van der Waals surface area contributed by atoms with Gasteiger partial charge in [-0.25, -0.2) is 0 Å². The van der Waals surface area contributed by atoms with Gasteiger partial charge < -0.3 is 26.7 Å². The van der Waals surface area contributed by atoms with E-state index in [4.69, 9.17) is 9.84 Å². The molecule has 0 saturated heterocycles. The highest BCUT2D eigenvalue weighted by atomic mass is 35.5. The number of aliphatic hydroxyl groups is 1. The Morgan fingerprint density at radius 2 is 1.08 bits per heavy atom. The summed E-state index contributed by atoms with van der Waals surface area (Å²) in [6, 6.07) is 0. The van der Waals surface area contributed by atoms with Gasteiger partial charge in [0.05, 0.1) is 27.3 Å². The van der Waals surface area contributed by atoms with Gasteiger partial charge in [-0.15, -0.1) is 0 Å². The molecule has 0 aliphatic rings. The fraction of sp³-hybridized carbons (Fsp3) is 1.00. The third-order valence-electron chi connectivity index (χ3n) is 4.79. The maximum absolute atomic E-state index is 8.97. The van der Waals surface area contributed by atoms with Crippen LogP contribution < -0.4 is 12.4 Å². The Kier molecular flexibility index (Phi) is 22.4. The average Bonchev–Trinajstić information content (AvgIpc) is 2.54. The monoisotopic (exact) mass is 379 g/mol. The first kappa shape index (κ1) is 27.4. The fourth-order valence-corrected chi connectivity index (χ4v) is 3.05. The molecule has 154 valence electrons. The van der Waals surface area contributed by atoms with Crippen LogP contribution in [0.1, 0.15) is 96.8 Å². The van der Waals surface area contributed by atoms with Crippen LogP contribution in [0.15, 0.2) is 0 Å². The Morgan fingerprint density at radius 1 is 0.680 bits per heavy atom. The van der Waals surface area contributed by atoms with Crippen LogP contribution in [0.5, 0.6) is 0 Å². The molecule has 0 rings (SSSR count). The maximum Gasteiger partial charge on any atom is 0.182 e. The number of halogens is 1. The molecule has 0 unspecified atom stereocenters. The van der Waals surface area contributed by atoms with Gasteiger partial charge in [0.15, 0.2) is 6.73 Å². The zero-order valence-electron chi connectivity index (χ0n) is 17.4. The Balaban J connectivity index is 0. The highest BCUT2D eigenvalue weighted by Gasteiger charge is 2.13. The number of nitrogens with zero attached hydrogens (tertiary/aromatic N) is 1. The number of rotatable bonds is 19. The van der Waals surface area contributed by atoms with E-state index in [0.29, 0.717) is 6.73 Å². The first-order valence-corrected chi connectivity index (χ1v) is 10.6. The SMILES string of the molecule is CCCCCCCCCCCCCCCCOC[N+](C)(C)CCO.[Cl-]. The molecule has 0 amide bonds. The molecule has 3 nitrogen and oxygen atoms in total. The van der Waals surface area contributed by atoms with Crippen LogP contribution >= 0.6 is 0 Å². The molecule has 0 aliphatic heterocycles. The first-order chi connectivity index (χ1) is 11.6. The summed E-state index contributed by atoms with van der Waals surface area (Å²) in [7, 11) is 4.20. The van der Waals surface area contributed by atoms with Crippen molar-refractivity contribution in [1.29, 1.82) is 0 Å². The van der Waals surface area contributed by atoms with Gasteiger partial charge in [-0.3, -0.25) is 0 Å². The molecule has 25 heavy (non-hydrogen) atoms. The molecular weight excluding hydrogens is 334 g/mol. The molecule has 0 fully saturated rings. The minimum atomic E-state index is 0. The number of likely N-dealkylation sites (N-methyl/N-ethyl adjacent to an activating group) is 1. The van der Waals surface area contributed by atoms with Crippen molar-refractivity contribution < 1.29 is 26.7 Å². The van der Waals surface area contributed by atoms with Crippen LogP contribution in [0.3, 0.4) is 0 Å². The standard InChI is InChI=1S/C21H46NO2.ClH/c1-4-5-6-7-8-9-10-11-12-13-14-15-16-17-20-24-21-22(2,3)18-19-23;/h23H,4-21H2,1-3H3;1H/q+1;/p-1. The number of ether oxygens (including phenoxy) is 1. The number of hydrogen-bond donors (Lipinski definition) is 1. The van der Waals surface area contributed by atoms with Crippen molar-refractivity contribution in [3.8, 4) is 0 Å². The van der Waals surface area contributed by atoms with E-state index in [1.807, 2.05) is 0 Å². The molecule has 0 aromatic rings. The largest absolute Gasteiger partial charge is 1.00 e. The molecule has 0 atom stereocenters. The summed E-state index contributed by atoms with van der Waals surface area (Å²) >= 11 is 0. The molecule has 0 aliphatic carbocycles. The van der Waals surface area contributed by atoms with Gasteiger partial charge in [0.25, 0.3) is 0 Å². The molecule has 4 heteroatoms. The number of unbranched alkanes of at least 4 members (excludes halogenated alkanes) is 13. The predicted octanol–water partition coefficient (Wildman–Crippen LogP) is 2.51. The van der Waals surface area contributed by atoms with Crippen LogP contribution in [0.2, 0.25) is 0 Å². The lowest BCUT2D eigenvalue weighted by atomic mass is 10.0. The van der Waals surface area contributed by atoms with Crippen LogP contribution in [-0.4, -0.2) is 50.2 Å². The topological polar surface area (TPSA) is 29.5 Å². The van der Waals surface area contributed by atoms with Crippen LogP contribution in [-0.2, 0) is 4.74 Å². The molecular formula is C21H46ClNO2. The summed E-state index contributed by atoms with van der Waals surface area (Å²) in [6.07, 6.45) is 19.5. The second-order valence-electron chi connectivity index (χ2n) is 8.02. The van der Waals surface area contributed by atoms with E-state index in [-0.39, 0.29) is 19.0 Å². The molecule has 0 spiro atoms. The quantitative estimate of drug-likeness (QED) is 0.212. The second kappa shape index (κ2) is 20.5. The summed E-state index contributed by atoms with van der Waals surface area (Å²) in [4.78, 5) is 0. The summed E-state index contributed by atoms with van der Waals surface area (Å²) in [5.74, 6) is 0. The van der Waals surface area contributed by atoms with E-state index >= 15 is 0 Å². The van der Waals surface area contributed by atoms with Gasteiger partial charge >= 0.3 is 0 Å². The van der Waals surface area contributed by atoms with Crippen molar-refractivity contribution in [2.45, 2.75) is 96.8 Å². The lowest BCUT2D eigenvalue weighted by Gasteiger charge is -2.28. The van der Waals surface area contributed by atoms with E-state index in [1.54, 1.807) is 0 Å². The Hall–Kier alpha value is 0.170. The lowest BCUT2D eigenvalue weighted by molar-refractivity contribution is -0.910. The third kappa shape index (κ3) is 22.1. The van der Waals surface area contributed by atoms with Gasteiger partial charge in [0, 0.05) is 0 Å². The smallest absolute Gasteiger partial charge is 0.182 e. The Bertz CT molecular complexity index is 250. The van der Waals surface area contributed by atoms with Crippen molar-refractivity contribution >= 4 is 0 Å². The van der Waals surface area contributed by atoms with Crippen LogP contribution in [0, 0.1) is 0 Å². The minimum absolute atomic E-state index is 0. The van der Waals surface area contributed by atoms with Gasteiger partial charge in [0.1, 0.15) is 6.54 Å². The lowest BCUT2D eigenvalue weighted by Crippen LogP contribution is -3.00. The second-order valence-corrected chi connectivity index (χ2v) is 8.02. The van der Waals surface area contributed by atoms with Gasteiger partial charge in [-0.05, 0) is 6.42 Å². The van der Waals surface area contributed by atoms with E-state index in [1.165, 1.54) is 89.9 Å². The minimum Gasteiger partial charge on any atom is -1.00 e. The number of quaternary nitrogens is 1. The Labute approximate surface area is 164 Å². The summed E-state index contributed by atoms with van der Waals surface area (Å²) < 4.78 is 6.46. The summed E-state index contributed by atoms with van der Waals surface area (Å²) in [6.45, 7) is 4.85. The predicted molar refractivity (Wildman–Crippen MR) is 105 cm³/mol. The van der Waals surface area contributed by atoms with Crippen molar-refractivity contribution in [3.63, 3.8) is 0 Å². The average molecular weight is 380 g/mol. The van der Waals surface area contributed by atoms with Crippen molar-refractivity contribution in [1.82, 2.24) is 0 Å². The van der Waals surface area contributed by atoms with E-state index in [9.17, 15) is 0 Å². The summed E-state index contributed by atoms with van der Waals surface area (Å²) in [5, 5.41) is 8.97. The van der Waals surface area contributed by atoms with Gasteiger partial charge in [0.2, 0.25) is 0 Å². The fourth-order valence-electron chi connectivity index (χ4n) is 3.05. The molecule has 1 N–H and O–H groups in total. The van der Waals surface area contributed by atoms with Crippen LogP contribution in [0.4, 0.5) is 0 Å². The number of aliphatic hydroxyl groups excluding tert-OH is 1. The number of hydrogen-bond acceptors (Lipinski definition) is 2. The van der Waals surface area contributed by atoms with E-state index in [0.717, 1.165) is 17.6 Å².